The number of rotatable bonds is 7. The van der Waals surface area contributed by atoms with E-state index in [-0.39, 0.29) is 24.0 Å². The van der Waals surface area contributed by atoms with E-state index >= 15 is 0 Å². The number of urea groups is 1. The summed E-state index contributed by atoms with van der Waals surface area (Å²) >= 11 is 6.23. The van der Waals surface area contributed by atoms with Crippen molar-refractivity contribution < 1.29 is 19.1 Å². The molecule has 1 saturated heterocycles. The van der Waals surface area contributed by atoms with Crippen molar-refractivity contribution in [2.45, 2.75) is 46.2 Å². The van der Waals surface area contributed by atoms with Crippen LogP contribution in [0.4, 0.5) is 4.79 Å². The van der Waals surface area contributed by atoms with Gasteiger partial charge in [-0.25, -0.2) is 4.79 Å². The Bertz CT molecular complexity index is 1180. The molecule has 0 saturated carbocycles. The Labute approximate surface area is 230 Å². The minimum Gasteiger partial charge on any atom is -0.497 e. The van der Waals surface area contributed by atoms with Crippen molar-refractivity contribution in [1.29, 1.82) is 0 Å². The van der Waals surface area contributed by atoms with Crippen LogP contribution < -0.4 is 9.47 Å². The van der Waals surface area contributed by atoms with Crippen molar-refractivity contribution in [3.8, 4) is 11.5 Å². The second kappa shape index (κ2) is 12.1. The van der Waals surface area contributed by atoms with Gasteiger partial charge in [0.2, 0.25) is 5.91 Å². The largest absolute Gasteiger partial charge is 0.497 e. The zero-order valence-electron chi connectivity index (χ0n) is 22.8. The number of carbonyl (C=O) groups excluding carboxylic acids is 2. The van der Waals surface area contributed by atoms with Gasteiger partial charge in [0.25, 0.3) is 0 Å². The first-order valence-corrected chi connectivity index (χ1v) is 13.6. The fraction of sp³-hybridized carbons (Fsp3) is 0.483. The molecule has 8 nitrogen and oxygen atoms in total. The molecule has 2 aromatic rings. The summed E-state index contributed by atoms with van der Waals surface area (Å²) in [6.45, 7) is 10.2. The number of amidine groups is 1. The van der Waals surface area contributed by atoms with E-state index in [0.717, 1.165) is 17.5 Å². The van der Waals surface area contributed by atoms with Gasteiger partial charge in [-0.1, -0.05) is 37.6 Å². The van der Waals surface area contributed by atoms with Crippen LogP contribution in [0.25, 0.3) is 0 Å². The number of nitrogens with zero attached hydrogens (tertiary/aromatic N) is 4. The Balaban J connectivity index is 1.81. The zero-order chi connectivity index (χ0) is 27.4. The summed E-state index contributed by atoms with van der Waals surface area (Å²) in [6, 6.07) is 12.7. The average Bonchev–Trinajstić information content (AvgIpc) is 3.26. The Hall–Kier alpha value is -3.26. The zero-order valence-corrected chi connectivity index (χ0v) is 23.6. The topological polar surface area (TPSA) is 74.7 Å². The predicted molar refractivity (Wildman–Crippen MR) is 149 cm³/mol. The van der Waals surface area contributed by atoms with Gasteiger partial charge in [0.1, 0.15) is 17.3 Å². The molecular formula is C29H37ClN4O4. The smallest absolute Gasteiger partial charge is 0.326 e. The molecule has 0 radical (unpaired) electrons. The SMILES string of the molecule is CCOc1cc(OC)ccc1C1=N[C@H](CC(C)C)[C@H](c2ccc(Cl)cc2)N1C(=O)N1CCN(C(C)=O)CC1. The van der Waals surface area contributed by atoms with Gasteiger partial charge in [-0.05, 0) is 49.1 Å². The van der Waals surface area contributed by atoms with E-state index in [1.807, 2.05) is 59.2 Å². The molecule has 2 aliphatic rings. The molecule has 9 heteroatoms. The first-order valence-electron chi connectivity index (χ1n) is 13.2. The second-order valence-corrected chi connectivity index (χ2v) is 10.5. The Kier molecular flexibility index (Phi) is 8.82. The molecule has 0 N–H and O–H groups in total. The number of benzene rings is 2. The van der Waals surface area contributed by atoms with E-state index in [1.54, 1.807) is 18.9 Å². The number of piperazine rings is 1. The average molecular weight is 541 g/mol. The molecule has 2 heterocycles. The molecule has 1 fully saturated rings. The van der Waals surface area contributed by atoms with Gasteiger partial charge < -0.3 is 19.3 Å². The first-order chi connectivity index (χ1) is 18.2. The molecule has 38 heavy (non-hydrogen) atoms. The van der Waals surface area contributed by atoms with E-state index in [2.05, 4.69) is 13.8 Å². The number of carbonyl (C=O) groups is 2. The number of methoxy groups -OCH3 is 1. The van der Waals surface area contributed by atoms with Crippen LogP contribution in [0.5, 0.6) is 11.5 Å². The third-order valence-electron chi connectivity index (χ3n) is 7.01. The molecule has 0 aromatic heterocycles. The fourth-order valence-electron chi connectivity index (χ4n) is 5.15. The lowest BCUT2D eigenvalue weighted by Crippen LogP contribution is -2.55. The van der Waals surface area contributed by atoms with E-state index in [0.29, 0.717) is 61.1 Å². The van der Waals surface area contributed by atoms with Crippen molar-refractivity contribution >= 4 is 29.4 Å². The predicted octanol–water partition coefficient (Wildman–Crippen LogP) is 5.25. The highest BCUT2D eigenvalue weighted by atomic mass is 35.5. The Morgan fingerprint density at radius 1 is 1.05 bits per heavy atom. The summed E-state index contributed by atoms with van der Waals surface area (Å²) in [6.07, 6.45) is 0.804. The maximum atomic E-state index is 14.3. The summed E-state index contributed by atoms with van der Waals surface area (Å²) in [4.78, 5) is 36.8. The standard InChI is InChI=1S/C29H37ClN4O4/c1-6-38-26-18-23(37-5)11-12-24(26)28-31-25(17-19(2)3)27(21-7-9-22(30)10-8-21)34(28)29(36)33-15-13-32(14-16-33)20(4)35/h7-12,18-19,25,27H,6,13-17H2,1-5H3/t25-,27+/m1/s1. The maximum Gasteiger partial charge on any atom is 0.326 e. The van der Waals surface area contributed by atoms with E-state index in [1.165, 1.54) is 0 Å². The number of amides is 3. The van der Waals surface area contributed by atoms with Gasteiger partial charge in [0.05, 0.1) is 31.4 Å². The van der Waals surface area contributed by atoms with Gasteiger partial charge in [0.15, 0.2) is 0 Å². The number of hydrogen-bond acceptors (Lipinski definition) is 5. The van der Waals surface area contributed by atoms with Crippen LogP contribution in [0, 0.1) is 5.92 Å². The van der Waals surface area contributed by atoms with E-state index < -0.39 is 0 Å². The minimum atomic E-state index is -0.306. The molecule has 2 atom stereocenters. The number of hydrogen-bond donors (Lipinski definition) is 0. The molecule has 0 unspecified atom stereocenters. The van der Waals surface area contributed by atoms with Crippen LogP contribution in [-0.2, 0) is 4.79 Å². The van der Waals surface area contributed by atoms with Crippen molar-refractivity contribution in [2.24, 2.45) is 10.9 Å². The van der Waals surface area contributed by atoms with Crippen molar-refractivity contribution in [3.05, 3.63) is 58.6 Å². The van der Waals surface area contributed by atoms with Crippen molar-refractivity contribution in [3.63, 3.8) is 0 Å². The lowest BCUT2D eigenvalue weighted by atomic mass is 9.93. The summed E-state index contributed by atoms with van der Waals surface area (Å²) in [5.74, 6) is 2.26. The quantitative estimate of drug-likeness (QED) is 0.481. The molecule has 4 rings (SSSR count). The third-order valence-corrected chi connectivity index (χ3v) is 7.27. The normalized spacial score (nSPS) is 19.6. The molecule has 204 valence electrons. The van der Waals surface area contributed by atoms with Crippen LogP contribution >= 0.6 is 11.6 Å². The highest BCUT2D eigenvalue weighted by Crippen LogP contribution is 2.40. The summed E-state index contributed by atoms with van der Waals surface area (Å²) < 4.78 is 11.4. The maximum absolute atomic E-state index is 14.3. The summed E-state index contributed by atoms with van der Waals surface area (Å²) in [7, 11) is 1.61. The first kappa shape index (κ1) is 27.8. The lowest BCUT2D eigenvalue weighted by Gasteiger charge is -2.39. The number of halogens is 1. The van der Waals surface area contributed by atoms with Crippen LogP contribution in [0.15, 0.2) is 47.5 Å². The molecule has 3 amide bonds. The number of ether oxygens (including phenoxy) is 2. The summed E-state index contributed by atoms with van der Waals surface area (Å²) in [5.41, 5.74) is 1.72. The second-order valence-electron chi connectivity index (χ2n) is 10.1. The fourth-order valence-corrected chi connectivity index (χ4v) is 5.28. The van der Waals surface area contributed by atoms with Gasteiger partial charge in [-0.15, -0.1) is 0 Å². The van der Waals surface area contributed by atoms with E-state index in [4.69, 9.17) is 26.1 Å². The molecule has 2 aromatic carbocycles. The van der Waals surface area contributed by atoms with Crippen LogP contribution in [-0.4, -0.2) is 78.4 Å². The van der Waals surface area contributed by atoms with E-state index in [9.17, 15) is 9.59 Å². The molecule has 0 bridgehead atoms. The number of aliphatic imine (C=N–C) groups is 1. The van der Waals surface area contributed by atoms with Crippen molar-refractivity contribution in [1.82, 2.24) is 14.7 Å². The summed E-state index contributed by atoms with van der Waals surface area (Å²) in [5, 5.41) is 0.639. The van der Waals surface area contributed by atoms with Crippen molar-refractivity contribution in [2.75, 3.05) is 39.9 Å². The van der Waals surface area contributed by atoms with Gasteiger partial charge in [-0.2, -0.15) is 0 Å². The monoisotopic (exact) mass is 540 g/mol. The lowest BCUT2D eigenvalue weighted by molar-refractivity contribution is -0.130. The third kappa shape index (κ3) is 5.90. The van der Waals surface area contributed by atoms with Crippen LogP contribution in [0.3, 0.4) is 0 Å². The Morgan fingerprint density at radius 3 is 2.29 bits per heavy atom. The van der Waals surface area contributed by atoms with Gasteiger partial charge >= 0.3 is 6.03 Å². The van der Waals surface area contributed by atoms with Crippen LogP contribution in [0.2, 0.25) is 5.02 Å². The highest BCUT2D eigenvalue weighted by molar-refractivity contribution is 6.30. The Morgan fingerprint density at radius 2 is 1.71 bits per heavy atom. The van der Waals surface area contributed by atoms with Gasteiger partial charge in [0, 0.05) is 44.2 Å². The molecule has 0 spiro atoms. The molecule has 2 aliphatic heterocycles. The molecular weight excluding hydrogens is 504 g/mol. The minimum absolute atomic E-state index is 0.0242. The van der Waals surface area contributed by atoms with Gasteiger partial charge in [-0.3, -0.25) is 14.7 Å². The van der Waals surface area contributed by atoms with Crippen LogP contribution in [0.1, 0.15) is 51.3 Å². The highest BCUT2D eigenvalue weighted by Gasteiger charge is 2.44. The molecule has 0 aliphatic carbocycles.